The molecule has 0 unspecified atom stereocenters. The molecule has 2 heterocycles. The minimum Gasteiger partial charge on any atom is -0.508 e. The van der Waals surface area contributed by atoms with Gasteiger partial charge in [-0.3, -0.25) is 14.4 Å². The summed E-state index contributed by atoms with van der Waals surface area (Å²) in [6.07, 6.45) is 7.38. The summed E-state index contributed by atoms with van der Waals surface area (Å²) in [6.45, 7) is 4.23. The van der Waals surface area contributed by atoms with E-state index in [2.05, 4.69) is 23.2 Å². The van der Waals surface area contributed by atoms with Crippen molar-refractivity contribution in [2.24, 2.45) is 17.3 Å². The number of phenolic OH excluding ortho intramolecular Hbond substituents is 1. The number of halogens is 1. The molecule has 3 aromatic carbocycles. The Bertz CT molecular complexity index is 2040. The van der Waals surface area contributed by atoms with E-state index in [-0.39, 0.29) is 28.5 Å². The lowest BCUT2D eigenvalue weighted by Gasteiger charge is -2.50. The number of amides is 2. The molecule has 4 aliphatic rings. The highest BCUT2D eigenvalue weighted by atomic mass is 19.1. The van der Waals surface area contributed by atoms with Crippen LogP contribution < -0.4 is 5.56 Å². The molecule has 2 amide bonds. The Kier molecular flexibility index (Phi) is 8.90. The van der Waals surface area contributed by atoms with Gasteiger partial charge in [-0.25, -0.2) is 9.49 Å². The number of aromatic nitrogens is 2. The predicted molar refractivity (Wildman–Crippen MR) is 191 cm³/mol. The maximum atomic E-state index is 15.0. The van der Waals surface area contributed by atoms with Crippen molar-refractivity contribution in [2.45, 2.75) is 70.3 Å². The van der Waals surface area contributed by atoms with Crippen LogP contribution in [-0.4, -0.2) is 75.8 Å². The molecule has 0 spiro atoms. The van der Waals surface area contributed by atoms with Crippen LogP contribution in [0.1, 0.15) is 84.1 Å². The topological polar surface area (TPSA) is 116 Å². The minimum absolute atomic E-state index is 0.0106. The molecule has 0 bridgehead atoms. The molecule has 2 saturated carbocycles. The van der Waals surface area contributed by atoms with Gasteiger partial charge in [0.15, 0.2) is 0 Å². The quantitative estimate of drug-likeness (QED) is 0.247. The lowest BCUT2D eigenvalue weighted by atomic mass is 9.55. The van der Waals surface area contributed by atoms with E-state index in [0.717, 1.165) is 38.5 Å². The molecule has 8 rings (SSSR count). The number of aromatic hydroxyl groups is 1. The molecule has 1 aliphatic heterocycles. The van der Waals surface area contributed by atoms with Gasteiger partial charge in [0, 0.05) is 38.0 Å². The maximum absolute atomic E-state index is 15.0. The van der Waals surface area contributed by atoms with Crippen LogP contribution >= 0.6 is 0 Å². The first-order valence-corrected chi connectivity index (χ1v) is 18.4. The Morgan fingerprint density at radius 1 is 0.980 bits per heavy atom. The lowest BCUT2D eigenvalue weighted by molar-refractivity contribution is -0.135. The number of aryl methyl sites for hydroxylation is 1. The normalized spacial score (nSPS) is 25.7. The van der Waals surface area contributed by atoms with E-state index in [1.165, 1.54) is 17.2 Å². The van der Waals surface area contributed by atoms with Gasteiger partial charge < -0.3 is 19.6 Å². The van der Waals surface area contributed by atoms with Gasteiger partial charge in [0.05, 0.1) is 35.8 Å². The van der Waals surface area contributed by atoms with E-state index in [0.29, 0.717) is 91.2 Å². The fourth-order valence-corrected chi connectivity index (χ4v) is 9.92. The van der Waals surface area contributed by atoms with E-state index in [9.17, 15) is 23.9 Å². The van der Waals surface area contributed by atoms with Gasteiger partial charge in [-0.15, -0.1) is 0 Å². The highest BCUT2D eigenvalue weighted by molar-refractivity contribution is 5.95. The number of carbonyl (C=O) groups excluding carboxylic acids is 2. The molecule has 1 saturated heterocycles. The summed E-state index contributed by atoms with van der Waals surface area (Å²) in [4.78, 5) is 42.3. The number of nitrogens with zero attached hydrogens (tertiary/aromatic N) is 3. The zero-order valence-electron chi connectivity index (χ0n) is 29.1. The van der Waals surface area contributed by atoms with Crippen LogP contribution in [0, 0.1) is 23.1 Å². The number of H-pyrrole nitrogens is 1. The van der Waals surface area contributed by atoms with Crippen molar-refractivity contribution in [3.8, 4) is 5.75 Å². The number of ether oxygens (including phenoxy) is 1. The van der Waals surface area contributed by atoms with Crippen LogP contribution in [0.25, 0.3) is 10.8 Å². The fraction of sp³-hybridized carbons (Fsp3) is 0.463. The Morgan fingerprint density at radius 3 is 2.59 bits per heavy atom. The molecule has 0 radical (unpaired) electrons. The highest BCUT2D eigenvalue weighted by Gasteiger charge is 2.55. The number of phenols is 1. The van der Waals surface area contributed by atoms with Crippen molar-refractivity contribution in [2.75, 3.05) is 32.8 Å². The van der Waals surface area contributed by atoms with Gasteiger partial charge in [-0.1, -0.05) is 37.3 Å². The summed E-state index contributed by atoms with van der Waals surface area (Å²) in [5.41, 5.74) is 3.91. The number of aromatic amines is 1. The number of piperazine rings is 1. The third-order valence-electron chi connectivity index (χ3n) is 12.6. The molecule has 10 heteroatoms. The molecule has 9 nitrogen and oxygen atoms in total. The standard InChI is InChI=1S/C41H45FN4O5/c1-41-16-14-29-28-10-8-27(47)24-26(28)7-9-30(29)34(41)11-13-37(41)51-21-15-38(48)45-17-19-46(20-18-45)40(50)33-22-25(6-12-35(33)42)23-36-31-4-2-3-5-32(31)39(49)44-43-36/h2-6,8,10,12,22,24,29-30,34,37,47H,7,9,11,13-21,23H2,1H3,(H,44,49)/t29-,30-,34+,37+,41+/m1/s1. The summed E-state index contributed by atoms with van der Waals surface area (Å²) >= 11 is 0. The van der Waals surface area contributed by atoms with Crippen LogP contribution in [0.4, 0.5) is 4.39 Å². The van der Waals surface area contributed by atoms with Crippen molar-refractivity contribution in [1.29, 1.82) is 0 Å². The summed E-state index contributed by atoms with van der Waals surface area (Å²) < 4.78 is 21.5. The third kappa shape index (κ3) is 6.21. The van der Waals surface area contributed by atoms with Gasteiger partial charge in [0.2, 0.25) is 5.91 Å². The SMILES string of the molecule is C[C@]12CC[C@@H]3c4ccc(O)cc4CC[C@H]3[C@@H]1CC[C@@H]2OCCC(=O)N1CCN(C(=O)c2cc(Cc3n[nH]c(=O)c4ccccc34)ccc2F)CC1. The number of fused-ring (bicyclic) bond motifs is 6. The van der Waals surface area contributed by atoms with Crippen molar-refractivity contribution < 1.29 is 23.8 Å². The monoisotopic (exact) mass is 692 g/mol. The van der Waals surface area contributed by atoms with Gasteiger partial charge in [0.25, 0.3) is 11.5 Å². The van der Waals surface area contributed by atoms with Crippen molar-refractivity contribution in [3.63, 3.8) is 0 Å². The Morgan fingerprint density at radius 2 is 1.76 bits per heavy atom. The molecule has 3 fully saturated rings. The molecular formula is C41H45FN4O5. The molecule has 3 aliphatic carbocycles. The molecular weight excluding hydrogens is 647 g/mol. The van der Waals surface area contributed by atoms with Gasteiger partial charge >= 0.3 is 0 Å². The van der Waals surface area contributed by atoms with Crippen molar-refractivity contribution >= 4 is 22.6 Å². The average molecular weight is 693 g/mol. The fourth-order valence-electron chi connectivity index (χ4n) is 9.92. The number of hydrogen-bond acceptors (Lipinski definition) is 6. The Balaban J connectivity index is 0.834. The van der Waals surface area contributed by atoms with E-state index in [1.54, 1.807) is 34.1 Å². The Hall–Kier alpha value is -4.57. The van der Waals surface area contributed by atoms with Gasteiger partial charge in [-0.2, -0.15) is 5.10 Å². The minimum atomic E-state index is -0.594. The third-order valence-corrected chi connectivity index (χ3v) is 12.6. The van der Waals surface area contributed by atoms with Gasteiger partial charge in [0.1, 0.15) is 11.6 Å². The van der Waals surface area contributed by atoms with Gasteiger partial charge in [-0.05, 0) is 109 Å². The summed E-state index contributed by atoms with van der Waals surface area (Å²) in [5.74, 6) is 1.18. The van der Waals surface area contributed by atoms with Crippen LogP contribution in [0.2, 0.25) is 0 Å². The van der Waals surface area contributed by atoms with Crippen LogP contribution in [0.5, 0.6) is 5.75 Å². The first-order chi connectivity index (χ1) is 24.7. The Labute approximate surface area is 296 Å². The number of rotatable bonds is 7. The van der Waals surface area contributed by atoms with Crippen molar-refractivity contribution in [3.05, 3.63) is 105 Å². The molecule has 1 aromatic heterocycles. The molecule has 51 heavy (non-hydrogen) atoms. The average Bonchev–Trinajstić information content (AvgIpc) is 3.49. The van der Waals surface area contributed by atoms with Crippen LogP contribution in [0.15, 0.2) is 65.5 Å². The first-order valence-electron chi connectivity index (χ1n) is 18.4. The van der Waals surface area contributed by atoms with Crippen molar-refractivity contribution in [1.82, 2.24) is 20.0 Å². The van der Waals surface area contributed by atoms with Crippen LogP contribution in [0.3, 0.4) is 0 Å². The zero-order valence-corrected chi connectivity index (χ0v) is 29.1. The number of benzene rings is 3. The van der Waals surface area contributed by atoms with E-state index >= 15 is 0 Å². The van der Waals surface area contributed by atoms with E-state index < -0.39 is 11.7 Å². The molecule has 5 atom stereocenters. The molecule has 2 N–H and O–H groups in total. The summed E-state index contributed by atoms with van der Waals surface area (Å²) in [6, 6.07) is 17.6. The number of carbonyl (C=O) groups is 2. The lowest BCUT2D eigenvalue weighted by Crippen LogP contribution is -2.51. The largest absolute Gasteiger partial charge is 0.508 e. The second kappa shape index (κ2) is 13.5. The van der Waals surface area contributed by atoms with E-state index in [1.807, 2.05) is 24.3 Å². The molecule has 4 aromatic rings. The van der Waals surface area contributed by atoms with Crippen LogP contribution in [-0.2, 0) is 22.4 Å². The van der Waals surface area contributed by atoms with E-state index in [4.69, 9.17) is 4.74 Å². The predicted octanol–water partition coefficient (Wildman–Crippen LogP) is 5.97. The second-order valence-electron chi connectivity index (χ2n) is 15.2. The number of hydrogen-bond donors (Lipinski definition) is 2. The molecule has 266 valence electrons. The summed E-state index contributed by atoms with van der Waals surface area (Å²) in [7, 11) is 0. The zero-order chi connectivity index (χ0) is 35.3. The number of nitrogens with one attached hydrogen (secondary N) is 1. The smallest absolute Gasteiger partial charge is 0.272 e. The summed E-state index contributed by atoms with van der Waals surface area (Å²) in [5, 5.41) is 18.0. The maximum Gasteiger partial charge on any atom is 0.272 e. The second-order valence-corrected chi connectivity index (χ2v) is 15.2. The first kappa shape index (κ1) is 33.6. The highest BCUT2D eigenvalue weighted by Crippen LogP contribution is 2.61.